The highest BCUT2D eigenvalue weighted by molar-refractivity contribution is 5.79. The van der Waals surface area contributed by atoms with Crippen molar-refractivity contribution in [1.29, 1.82) is 0 Å². The lowest BCUT2D eigenvalue weighted by molar-refractivity contribution is -0.127. The Kier molecular flexibility index (Phi) is 6.20. The standard InChI is InChI=1S/C20H36N2O2/c1-16-7-11-20(24,12-8-16)15-22-13-9-18(10-14-22)21-19(23)17-5-3-2-4-6-17/h16-18,24H,2-15H2,1H3,(H,21,23). The first-order valence-electron chi connectivity index (χ1n) is 10.3. The maximum atomic E-state index is 12.4. The van der Waals surface area contributed by atoms with Crippen molar-refractivity contribution in [2.75, 3.05) is 19.6 Å². The third-order valence-electron chi connectivity index (χ3n) is 6.63. The third-order valence-corrected chi connectivity index (χ3v) is 6.63. The highest BCUT2D eigenvalue weighted by Crippen LogP contribution is 2.33. The van der Waals surface area contributed by atoms with E-state index in [1.807, 2.05) is 0 Å². The summed E-state index contributed by atoms with van der Waals surface area (Å²) in [6.45, 7) is 5.13. The van der Waals surface area contributed by atoms with Crippen molar-refractivity contribution in [3.8, 4) is 0 Å². The highest BCUT2D eigenvalue weighted by Gasteiger charge is 2.35. The number of likely N-dealkylation sites (tertiary alicyclic amines) is 1. The van der Waals surface area contributed by atoms with E-state index in [-0.39, 0.29) is 5.92 Å². The van der Waals surface area contributed by atoms with Gasteiger partial charge in [-0.3, -0.25) is 4.79 Å². The summed E-state index contributed by atoms with van der Waals surface area (Å²) in [5.41, 5.74) is -0.468. The summed E-state index contributed by atoms with van der Waals surface area (Å²) in [6.07, 6.45) is 12.2. The summed E-state index contributed by atoms with van der Waals surface area (Å²) in [7, 11) is 0. The molecule has 0 spiro atoms. The van der Waals surface area contributed by atoms with E-state index >= 15 is 0 Å². The fourth-order valence-electron chi connectivity index (χ4n) is 4.79. The summed E-state index contributed by atoms with van der Waals surface area (Å²) in [6, 6.07) is 0.344. The maximum Gasteiger partial charge on any atom is 0.223 e. The average Bonchev–Trinajstić information content (AvgIpc) is 2.60. The van der Waals surface area contributed by atoms with Crippen LogP contribution in [0.1, 0.15) is 77.6 Å². The van der Waals surface area contributed by atoms with E-state index in [0.29, 0.717) is 11.9 Å². The molecule has 0 unspecified atom stereocenters. The van der Waals surface area contributed by atoms with Gasteiger partial charge in [-0.25, -0.2) is 0 Å². The largest absolute Gasteiger partial charge is 0.389 e. The number of piperidine rings is 1. The van der Waals surface area contributed by atoms with Crippen molar-refractivity contribution < 1.29 is 9.90 Å². The van der Waals surface area contributed by atoms with Crippen LogP contribution in [0.3, 0.4) is 0 Å². The van der Waals surface area contributed by atoms with E-state index in [1.54, 1.807) is 0 Å². The Bertz CT molecular complexity index is 404. The van der Waals surface area contributed by atoms with E-state index in [9.17, 15) is 9.90 Å². The number of nitrogens with one attached hydrogen (secondary N) is 1. The van der Waals surface area contributed by atoms with E-state index in [1.165, 1.54) is 19.3 Å². The lowest BCUT2D eigenvalue weighted by atomic mass is 9.79. The first kappa shape index (κ1) is 18.2. The van der Waals surface area contributed by atoms with Crippen LogP contribution in [-0.4, -0.2) is 47.2 Å². The molecule has 4 heteroatoms. The number of amides is 1. The molecule has 0 bridgehead atoms. The zero-order valence-corrected chi connectivity index (χ0v) is 15.4. The molecular weight excluding hydrogens is 300 g/mol. The Morgan fingerprint density at radius 2 is 1.67 bits per heavy atom. The Hall–Kier alpha value is -0.610. The van der Waals surface area contributed by atoms with Crippen LogP contribution in [0.25, 0.3) is 0 Å². The number of carbonyl (C=O) groups excluding carboxylic acids is 1. The second kappa shape index (κ2) is 8.18. The smallest absolute Gasteiger partial charge is 0.223 e. The zero-order chi connectivity index (χ0) is 17.0. The van der Waals surface area contributed by atoms with Gasteiger partial charge in [0.25, 0.3) is 0 Å². The first-order valence-corrected chi connectivity index (χ1v) is 10.3. The summed E-state index contributed by atoms with van der Waals surface area (Å²) in [5, 5.41) is 14.1. The molecule has 3 fully saturated rings. The van der Waals surface area contributed by atoms with Crippen molar-refractivity contribution in [3.63, 3.8) is 0 Å². The van der Waals surface area contributed by atoms with Crippen LogP contribution in [0, 0.1) is 11.8 Å². The molecule has 24 heavy (non-hydrogen) atoms. The van der Waals surface area contributed by atoms with Crippen LogP contribution in [0.5, 0.6) is 0 Å². The Morgan fingerprint density at radius 3 is 2.29 bits per heavy atom. The molecule has 1 heterocycles. The minimum Gasteiger partial charge on any atom is -0.389 e. The van der Waals surface area contributed by atoms with Gasteiger partial charge in [-0.05, 0) is 57.3 Å². The minimum absolute atomic E-state index is 0.265. The SMILES string of the molecule is CC1CCC(O)(CN2CCC(NC(=O)C3CCCCC3)CC2)CC1. The zero-order valence-electron chi connectivity index (χ0n) is 15.4. The van der Waals surface area contributed by atoms with Crippen LogP contribution in [-0.2, 0) is 4.79 Å². The van der Waals surface area contributed by atoms with E-state index < -0.39 is 5.60 Å². The summed E-state index contributed by atoms with van der Waals surface area (Å²) < 4.78 is 0. The van der Waals surface area contributed by atoms with Crippen LogP contribution < -0.4 is 5.32 Å². The second-order valence-electron chi connectivity index (χ2n) is 8.80. The predicted molar refractivity (Wildman–Crippen MR) is 96.8 cm³/mol. The predicted octanol–water partition coefficient (Wildman–Crippen LogP) is 3.09. The molecule has 2 aliphatic carbocycles. The fraction of sp³-hybridized carbons (Fsp3) is 0.950. The monoisotopic (exact) mass is 336 g/mol. The molecule has 0 radical (unpaired) electrons. The van der Waals surface area contributed by atoms with Crippen molar-refractivity contribution in [2.24, 2.45) is 11.8 Å². The quantitative estimate of drug-likeness (QED) is 0.829. The molecule has 2 saturated carbocycles. The van der Waals surface area contributed by atoms with Crippen molar-refractivity contribution in [2.45, 2.75) is 89.2 Å². The Balaban J connectivity index is 1.38. The first-order chi connectivity index (χ1) is 11.5. The van der Waals surface area contributed by atoms with Gasteiger partial charge < -0.3 is 15.3 Å². The molecule has 4 nitrogen and oxygen atoms in total. The summed E-state index contributed by atoms with van der Waals surface area (Å²) in [4.78, 5) is 14.8. The van der Waals surface area contributed by atoms with Crippen molar-refractivity contribution in [1.82, 2.24) is 10.2 Å². The molecule has 0 aromatic rings. The molecule has 1 saturated heterocycles. The number of carbonyl (C=O) groups is 1. The van der Waals surface area contributed by atoms with Crippen molar-refractivity contribution in [3.05, 3.63) is 0 Å². The highest BCUT2D eigenvalue weighted by atomic mass is 16.3. The molecule has 3 aliphatic rings. The Labute approximate surface area is 147 Å². The lowest BCUT2D eigenvalue weighted by Gasteiger charge is -2.41. The molecule has 1 amide bonds. The van der Waals surface area contributed by atoms with Gasteiger partial charge in [-0.15, -0.1) is 0 Å². The number of hydrogen-bond acceptors (Lipinski definition) is 3. The van der Waals surface area contributed by atoms with Gasteiger partial charge in [0, 0.05) is 31.6 Å². The van der Waals surface area contributed by atoms with Gasteiger partial charge in [0.1, 0.15) is 0 Å². The van der Waals surface area contributed by atoms with Crippen LogP contribution in [0.4, 0.5) is 0 Å². The van der Waals surface area contributed by atoms with Gasteiger partial charge in [0.15, 0.2) is 0 Å². The second-order valence-corrected chi connectivity index (χ2v) is 8.80. The molecular formula is C20H36N2O2. The molecule has 0 aromatic carbocycles. The van der Waals surface area contributed by atoms with Gasteiger partial charge >= 0.3 is 0 Å². The fourth-order valence-corrected chi connectivity index (χ4v) is 4.79. The van der Waals surface area contributed by atoms with Crippen LogP contribution >= 0.6 is 0 Å². The van der Waals surface area contributed by atoms with E-state index in [4.69, 9.17) is 0 Å². The van der Waals surface area contributed by atoms with E-state index in [0.717, 1.165) is 76.9 Å². The van der Waals surface area contributed by atoms with Gasteiger partial charge in [0.05, 0.1) is 5.60 Å². The molecule has 1 aliphatic heterocycles. The van der Waals surface area contributed by atoms with Crippen LogP contribution in [0.2, 0.25) is 0 Å². The number of β-amino-alcohol motifs (C(OH)–C–C–N with tert-alkyl or cyclic N) is 1. The minimum atomic E-state index is -0.468. The van der Waals surface area contributed by atoms with Gasteiger partial charge in [-0.1, -0.05) is 26.2 Å². The third kappa shape index (κ3) is 4.95. The molecule has 3 rings (SSSR count). The summed E-state index contributed by atoms with van der Waals surface area (Å²) in [5.74, 6) is 1.33. The number of hydrogen-bond donors (Lipinski definition) is 2. The number of aliphatic hydroxyl groups is 1. The Morgan fingerprint density at radius 1 is 1.04 bits per heavy atom. The van der Waals surface area contributed by atoms with E-state index in [2.05, 4.69) is 17.1 Å². The topological polar surface area (TPSA) is 52.6 Å². The number of nitrogens with zero attached hydrogens (tertiary/aromatic N) is 1. The van der Waals surface area contributed by atoms with Gasteiger partial charge in [-0.2, -0.15) is 0 Å². The summed E-state index contributed by atoms with van der Waals surface area (Å²) >= 11 is 0. The molecule has 0 atom stereocenters. The number of rotatable bonds is 4. The van der Waals surface area contributed by atoms with Crippen molar-refractivity contribution >= 4 is 5.91 Å². The molecule has 0 aromatic heterocycles. The maximum absolute atomic E-state index is 12.4. The lowest BCUT2D eigenvalue weighted by Crippen LogP contribution is -2.51. The van der Waals surface area contributed by atoms with Crippen LogP contribution in [0.15, 0.2) is 0 Å². The normalized spacial score (nSPS) is 34.2. The average molecular weight is 337 g/mol. The molecule has 138 valence electrons. The molecule has 2 N–H and O–H groups in total. The van der Waals surface area contributed by atoms with Gasteiger partial charge in [0.2, 0.25) is 5.91 Å².